The lowest BCUT2D eigenvalue weighted by molar-refractivity contribution is -0.113. The van der Waals surface area contributed by atoms with Gasteiger partial charge in [0, 0.05) is 10.6 Å². The summed E-state index contributed by atoms with van der Waals surface area (Å²) in [6, 6.07) is 17.1. The quantitative estimate of drug-likeness (QED) is 0.255. The van der Waals surface area contributed by atoms with Crippen LogP contribution in [0.5, 0.6) is 11.5 Å². The van der Waals surface area contributed by atoms with Crippen LogP contribution in [0, 0.1) is 0 Å². The topological polar surface area (TPSA) is 68.2 Å². The van der Waals surface area contributed by atoms with Gasteiger partial charge in [0.25, 0.3) is 5.91 Å². The Morgan fingerprint density at radius 2 is 1.75 bits per heavy atom. The van der Waals surface area contributed by atoms with Gasteiger partial charge in [-0.25, -0.2) is 4.99 Å². The highest BCUT2D eigenvalue weighted by atomic mass is 35.5. The maximum absolute atomic E-state index is 13.4. The van der Waals surface area contributed by atoms with Crippen molar-refractivity contribution in [2.45, 2.75) is 0 Å². The van der Waals surface area contributed by atoms with E-state index in [2.05, 4.69) is 4.99 Å². The molecule has 2 aliphatic heterocycles. The normalized spacial score (nSPS) is 15.9. The van der Waals surface area contributed by atoms with Gasteiger partial charge < -0.3 is 9.47 Å². The molecule has 0 saturated heterocycles. The predicted octanol–water partition coefficient (Wildman–Crippen LogP) is 6.78. The van der Waals surface area contributed by atoms with E-state index in [1.165, 1.54) is 4.90 Å². The zero-order valence-corrected chi connectivity index (χ0v) is 21.6. The van der Waals surface area contributed by atoms with Crippen LogP contribution in [0.15, 0.2) is 71.4 Å². The fourth-order valence-electron chi connectivity index (χ4n) is 3.62. The van der Waals surface area contributed by atoms with Crippen molar-refractivity contribution >= 4 is 75.2 Å². The first-order chi connectivity index (χ1) is 17.4. The summed E-state index contributed by atoms with van der Waals surface area (Å²) >= 11 is 19.8. The first-order valence-corrected chi connectivity index (χ1v) is 12.9. The Morgan fingerprint density at radius 1 is 1.00 bits per heavy atom. The van der Waals surface area contributed by atoms with E-state index in [0.717, 1.165) is 17.3 Å². The summed E-state index contributed by atoms with van der Waals surface area (Å²) in [6.45, 7) is 0.897. The Hall–Kier alpha value is -2.97. The van der Waals surface area contributed by atoms with Crippen LogP contribution in [-0.2, 0) is 4.79 Å². The molecule has 2 aliphatic rings. The van der Waals surface area contributed by atoms with E-state index in [9.17, 15) is 9.59 Å². The number of aliphatic imine (C=N–C) groups is 1. The van der Waals surface area contributed by atoms with Crippen LogP contribution in [-0.4, -0.2) is 35.8 Å². The first kappa shape index (κ1) is 24.7. The summed E-state index contributed by atoms with van der Waals surface area (Å²) in [5.41, 5.74) is 1.80. The molecule has 0 aromatic heterocycles. The van der Waals surface area contributed by atoms with E-state index >= 15 is 0 Å². The maximum atomic E-state index is 13.4. The maximum Gasteiger partial charge on any atom is 0.283 e. The fourth-order valence-corrected chi connectivity index (χ4v) is 5.02. The third-order valence-corrected chi connectivity index (χ3v) is 7.37. The van der Waals surface area contributed by atoms with Crippen molar-refractivity contribution in [3.05, 3.63) is 92.6 Å². The SMILES string of the molecule is O=C(CSC1=N/C(=C/c2ccc(Cl)cc2)C(=O)N1c1cccc(Cl)c1Cl)c1ccc2c(c1)OCCO2. The number of benzene rings is 3. The number of hydrogen-bond acceptors (Lipinski definition) is 6. The molecule has 0 radical (unpaired) electrons. The highest BCUT2D eigenvalue weighted by Gasteiger charge is 2.34. The monoisotopic (exact) mass is 558 g/mol. The Morgan fingerprint density at radius 3 is 2.53 bits per heavy atom. The molecular formula is C26H17Cl3N2O4S. The van der Waals surface area contributed by atoms with Gasteiger partial charge in [-0.1, -0.05) is 64.8 Å². The van der Waals surface area contributed by atoms with Gasteiger partial charge in [-0.05, 0) is 54.1 Å². The van der Waals surface area contributed by atoms with Crippen LogP contribution in [0.3, 0.4) is 0 Å². The lowest BCUT2D eigenvalue weighted by atomic mass is 10.1. The van der Waals surface area contributed by atoms with Crippen molar-refractivity contribution in [2.24, 2.45) is 4.99 Å². The molecule has 0 N–H and O–H groups in total. The summed E-state index contributed by atoms with van der Waals surface area (Å²) in [4.78, 5) is 32.3. The lowest BCUT2D eigenvalue weighted by Crippen LogP contribution is -2.31. The summed E-state index contributed by atoms with van der Waals surface area (Å²) < 4.78 is 11.1. The van der Waals surface area contributed by atoms with Gasteiger partial charge in [0.15, 0.2) is 22.4 Å². The number of rotatable bonds is 5. The van der Waals surface area contributed by atoms with Gasteiger partial charge in [0.1, 0.15) is 18.9 Å². The van der Waals surface area contributed by atoms with Crippen LogP contribution < -0.4 is 14.4 Å². The van der Waals surface area contributed by atoms with E-state index < -0.39 is 0 Å². The number of ether oxygens (including phenoxy) is 2. The summed E-state index contributed by atoms with van der Waals surface area (Å²) in [7, 11) is 0. The third kappa shape index (κ3) is 5.11. The Bertz CT molecular complexity index is 1420. The molecule has 3 aromatic carbocycles. The van der Waals surface area contributed by atoms with Crippen molar-refractivity contribution in [1.29, 1.82) is 0 Å². The Kier molecular flexibility index (Phi) is 7.25. The van der Waals surface area contributed by atoms with Crippen LogP contribution in [0.1, 0.15) is 15.9 Å². The van der Waals surface area contributed by atoms with Crippen molar-refractivity contribution in [3.63, 3.8) is 0 Å². The number of thioether (sulfide) groups is 1. The molecule has 0 fully saturated rings. The van der Waals surface area contributed by atoms with Crippen molar-refractivity contribution in [3.8, 4) is 11.5 Å². The lowest BCUT2D eigenvalue weighted by Gasteiger charge is -2.20. The number of fused-ring (bicyclic) bond motifs is 1. The summed E-state index contributed by atoms with van der Waals surface area (Å²) in [5.74, 6) is 0.637. The first-order valence-electron chi connectivity index (χ1n) is 10.8. The van der Waals surface area contributed by atoms with Crippen molar-refractivity contribution in [2.75, 3.05) is 23.9 Å². The Balaban J connectivity index is 1.43. The smallest absolute Gasteiger partial charge is 0.283 e. The summed E-state index contributed by atoms with van der Waals surface area (Å²) in [5, 5.41) is 1.41. The third-order valence-electron chi connectivity index (χ3n) is 5.37. The second-order valence-corrected chi connectivity index (χ2v) is 9.92. The van der Waals surface area contributed by atoms with Crippen LogP contribution in [0.25, 0.3) is 6.08 Å². The van der Waals surface area contributed by atoms with Crippen LogP contribution in [0.4, 0.5) is 5.69 Å². The van der Waals surface area contributed by atoms with E-state index in [1.807, 2.05) is 0 Å². The fraction of sp³-hybridized carbons (Fsp3) is 0.115. The molecule has 0 aliphatic carbocycles. The number of ketones is 1. The number of nitrogens with zero attached hydrogens (tertiary/aromatic N) is 2. The molecule has 0 saturated carbocycles. The van der Waals surface area contributed by atoms with Crippen LogP contribution in [0.2, 0.25) is 15.1 Å². The molecule has 5 rings (SSSR count). The number of Topliss-reactive ketones (excluding diaryl/α,β-unsaturated/α-hetero) is 1. The van der Waals surface area contributed by atoms with Crippen molar-refractivity contribution < 1.29 is 19.1 Å². The molecule has 2 heterocycles. The van der Waals surface area contributed by atoms with Crippen molar-refractivity contribution in [1.82, 2.24) is 0 Å². The zero-order chi connectivity index (χ0) is 25.2. The number of anilines is 1. The van der Waals surface area contributed by atoms with E-state index in [0.29, 0.717) is 51.2 Å². The number of amides is 1. The van der Waals surface area contributed by atoms with Gasteiger partial charge in [-0.3, -0.25) is 14.5 Å². The number of carbonyl (C=O) groups is 2. The molecular weight excluding hydrogens is 543 g/mol. The minimum Gasteiger partial charge on any atom is -0.486 e. The average Bonchev–Trinajstić information content (AvgIpc) is 3.19. The Labute approximate surface area is 226 Å². The molecule has 3 aromatic rings. The molecule has 6 nitrogen and oxygen atoms in total. The zero-order valence-electron chi connectivity index (χ0n) is 18.5. The van der Waals surface area contributed by atoms with E-state index in [-0.39, 0.29) is 28.2 Å². The van der Waals surface area contributed by atoms with Crippen LogP contribution >= 0.6 is 46.6 Å². The predicted molar refractivity (Wildman–Crippen MR) is 145 cm³/mol. The van der Waals surface area contributed by atoms with Gasteiger partial charge in [0.2, 0.25) is 0 Å². The van der Waals surface area contributed by atoms with Gasteiger partial charge >= 0.3 is 0 Å². The minimum atomic E-state index is -0.386. The molecule has 0 spiro atoms. The minimum absolute atomic E-state index is 0.0364. The highest BCUT2D eigenvalue weighted by molar-refractivity contribution is 8.14. The number of carbonyl (C=O) groups excluding carboxylic acids is 2. The molecule has 36 heavy (non-hydrogen) atoms. The van der Waals surface area contributed by atoms with Gasteiger partial charge in [0.05, 0.1) is 21.5 Å². The molecule has 0 atom stereocenters. The molecule has 1 amide bonds. The molecule has 0 unspecified atom stereocenters. The summed E-state index contributed by atoms with van der Waals surface area (Å²) in [6.07, 6.45) is 1.65. The second kappa shape index (κ2) is 10.6. The average molecular weight is 560 g/mol. The largest absolute Gasteiger partial charge is 0.486 e. The highest BCUT2D eigenvalue weighted by Crippen LogP contribution is 2.38. The standard InChI is InChI=1S/C26H17Cl3N2O4S/c27-17-7-4-15(5-8-17)12-19-25(33)31(20-3-1-2-18(28)24(20)29)26(30-19)36-14-21(32)16-6-9-22-23(13-16)35-11-10-34-22/h1-9,12-13H,10-11,14H2/b19-12+. The van der Waals surface area contributed by atoms with Gasteiger partial charge in [-0.2, -0.15) is 0 Å². The molecule has 10 heteroatoms. The molecule has 0 bridgehead atoms. The number of halogens is 3. The van der Waals surface area contributed by atoms with E-state index in [4.69, 9.17) is 44.3 Å². The molecule has 182 valence electrons. The van der Waals surface area contributed by atoms with E-state index in [1.54, 1.807) is 66.7 Å². The van der Waals surface area contributed by atoms with Gasteiger partial charge in [-0.15, -0.1) is 0 Å². The second-order valence-electron chi connectivity index (χ2n) is 7.76. The number of amidine groups is 1. The number of hydrogen-bond donors (Lipinski definition) is 0.